The van der Waals surface area contributed by atoms with Gasteiger partial charge in [0, 0.05) is 23.5 Å². The minimum Gasteiger partial charge on any atom is -0.492 e. The van der Waals surface area contributed by atoms with Crippen molar-refractivity contribution in [2.75, 3.05) is 6.61 Å². The van der Waals surface area contributed by atoms with Gasteiger partial charge >= 0.3 is 0 Å². The van der Waals surface area contributed by atoms with Crippen molar-refractivity contribution in [2.45, 2.75) is 20.3 Å². The van der Waals surface area contributed by atoms with E-state index in [0.29, 0.717) is 12.2 Å². The summed E-state index contributed by atoms with van der Waals surface area (Å²) in [6, 6.07) is 11.2. The largest absolute Gasteiger partial charge is 0.492 e. The van der Waals surface area contributed by atoms with Gasteiger partial charge in [0.2, 0.25) is 0 Å². The van der Waals surface area contributed by atoms with Gasteiger partial charge in [-0.1, -0.05) is 12.1 Å². The molecule has 0 aliphatic carbocycles. The minimum atomic E-state index is -0.103. The lowest BCUT2D eigenvalue weighted by Crippen LogP contribution is -2.14. The van der Waals surface area contributed by atoms with Gasteiger partial charge < -0.3 is 9.30 Å². The Morgan fingerprint density at radius 3 is 2.80 bits per heavy atom. The molecule has 20 heavy (non-hydrogen) atoms. The molecule has 4 nitrogen and oxygen atoms in total. The number of nitrogens with zero attached hydrogens (tertiary/aromatic N) is 2. The summed E-state index contributed by atoms with van der Waals surface area (Å²) < 4.78 is 7.50. The SMILES string of the molecule is CCOc1ccccc1-n1cc(CC#N)c(=O)cc1C. The Labute approximate surface area is 117 Å². The van der Waals surface area contributed by atoms with Crippen molar-refractivity contribution in [1.82, 2.24) is 4.57 Å². The molecule has 0 N–H and O–H groups in total. The third kappa shape index (κ3) is 2.72. The maximum atomic E-state index is 11.8. The Balaban J connectivity index is 2.61. The van der Waals surface area contributed by atoms with Gasteiger partial charge in [-0.2, -0.15) is 5.26 Å². The molecule has 1 aromatic carbocycles. The Kier molecular flexibility index (Phi) is 4.21. The zero-order chi connectivity index (χ0) is 14.5. The molecular formula is C16H16N2O2. The van der Waals surface area contributed by atoms with E-state index >= 15 is 0 Å². The van der Waals surface area contributed by atoms with E-state index in [4.69, 9.17) is 10.00 Å². The Morgan fingerprint density at radius 1 is 1.35 bits per heavy atom. The molecule has 0 saturated carbocycles. The third-order valence-corrected chi connectivity index (χ3v) is 3.02. The zero-order valence-corrected chi connectivity index (χ0v) is 11.6. The van der Waals surface area contributed by atoms with E-state index in [1.165, 1.54) is 0 Å². The molecule has 0 saturated heterocycles. The molecule has 0 aliphatic rings. The van der Waals surface area contributed by atoms with Gasteiger partial charge in [0.25, 0.3) is 0 Å². The van der Waals surface area contributed by atoms with Crippen LogP contribution in [0.5, 0.6) is 5.75 Å². The quantitative estimate of drug-likeness (QED) is 0.856. The summed E-state index contributed by atoms with van der Waals surface area (Å²) in [5.41, 5.74) is 2.06. The number of nitriles is 1. The van der Waals surface area contributed by atoms with Gasteiger partial charge in [-0.25, -0.2) is 0 Å². The van der Waals surface area contributed by atoms with Crippen molar-refractivity contribution in [2.24, 2.45) is 0 Å². The lowest BCUT2D eigenvalue weighted by atomic mass is 10.1. The molecule has 0 amide bonds. The molecule has 0 fully saturated rings. The maximum Gasteiger partial charge on any atom is 0.186 e. The predicted molar refractivity (Wildman–Crippen MR) is 77.3 cm³/mol. The summed E-state index contributed by atoms with van der Waals surface area (Å²) in [7, 11) is 0. The maximum absolute atomic E-state index is 11.8. The molecule has 1 aromatic heterocycles. The molecule has 0 spiro atoms. The highest BCUT2D eigenvalue weighted by Crippen LogP contribution is 2.23. The molecule has 102 valence electrons. The molecule has 0 unspecified atom stereocenters. The minimum absolute atomic E-state index is 0.103. The number of hydrogen-bond acceptors (Lipinski definition) is 3. The second-order valence-electron chi connectivity index (χ2n) is 4.41. The molecular weight excluding hydrogens is 252 g/mol. The second kappa shape index (κ2) is 6.07. The molecule has 0 aliphatic heterocycles. The van der Waals surface area contributed by atoms with Crippen molar-refractivity contribution < 1.29 is 4.74 Å². The van der Waals surface area contributed by atoms with E-state index in [0.717, 1.165) is 17.1 Å². The summed E-state index contributed by atoms with van der Waals surface area (Å²) in [5, 5.41) is 8.79. The number of hydrogen-bond donors (Lipinski definition) is 0. The monoisotopic (exact) mass is 268 g/mol. The molecule has 1 heterocycles. The normalized spacial score (nSPS) is 10.1. The van der Waals surface area contributed by atoms with Crippen molar-refractivity contribution in [1.29, 1.82) is 5.26 Å². The molecule has 4 heteroatoms. The number of ether oxygens (including phenoxy) is 1. The second-order valence-corrected chi connectivity index (χ2v) is 4.41. The van der Waals surface area contributed by atoms with Crippen molar-refractivity contribution >= 4 is 0 Å². The first kappa shape index (κ1) is 13.9. The van der Waals surface area contributed by atoms with E-state index in [-0.39, 0.29) is 11.8 Å². The topological polar surface area (TPSA) is 55.0 Å². The number of aryl methyl sites for hydroxylation is 1. The lowest BCUT2D eigenvalue weighted by molar-refractivity contribution is 0.339. The summed E-state index contributed by atoms with van der Waals surface area (Å²) >= 11 is 0. The van der Waals surface area contributed by atoms with Gasteiger partial charge in [-0.05, 0) is 26.0 Å². The molecule has 0 bridgehead atoms. The first-order valence-corrected chi connectivity index (χ1v) is 6.48. The third-order valence-electron chi connectivity index (χ3n) is 3.02. The van der Waals surface area contributed by atoms with E-state index in [2.05, 4.69) is 0 Å². The average molecular weight is 268 g/mol. The van der Waals surface area contributed by atoms with Crippen LogP contribution >= 0.6 is 0 Å². The standard InChI is InChI=1S/C16H16N2O2/c1-3-20-16-7-5-4-6-14(16)18-11-13(8-9-17)15(19)10-12(18)2/h4-7,10-11H,3,8H2,1-2H3. The van der Waals surface area contributed by atoms with Crippen LogP contribution in [0.25, 0.3) is 5.69 Å². The Hall–Kier alpha value is -2.54. The van der Waals surface area contributed by atoms with Crippen LogP contribution in [0.2, 0.25) is 0 Å². The van der Waals surface area contributed by atoms with E-state index < -0.39 is 0 Å². The number of aromatic nitrogens is 1. The highest BCUT2D eigenvalue weighted by molar-refractivity contribution is 5.48. The lowest BCUT2D eigenvalue weighted by Gasteiger charge is -2.16. The summed E-state index contributed by atoms with van der Waals surface area (Å²) in [4.78, 5) is 11.8. The summed E-state index contributed by atoms with van der Waals surface area (Å²) in [6.45, 7) is 4.36. The fourth-order valence-electron chi connectivity index (χ4n) is 2.08. The number of rotatable bonds is 4. The van der Waals surface area contributed by atoms with Gasteiger partial charge in [0.05, 0.1) is 24.8 Å². The molecule has 2 aromatic rings. The summed E-state index contributed by atoms with van der Waals surface area (Å²) in [6.07, 6.45) is 1.83. The highest BCUT2D eigenvalue weighted by atomic mass is 16.5. The van der Waals surface area contributed by atoms with E-state index in [9.17, 15) is 4.79 Å². The van der Waals surface area contributed by atoms with E-state index in [1.54, 1.807) is 12.3 Å². The number of para-hydroxylation sites is 2. The van der Waals surface area contributed by atoms with Crippen molar-refractivity contribution in [3.8, 4) is 17.5 Å². The van der Waals surface area contributed by atoms with Gasteiger partial charge in [-0.15, -0.1) is 0 Å². The van der Waals surface area contributed by atoms with Crippen LogP contribution < -0.4 is 10.2 Å². The van der Waals surface area contributed by atoms with Crippen LogP contribution in [0.15, 0.2) is 41.3 Å². The Bertz CT molecular complexity index is 711. The molecule has 0 atom stereocenters. The predicted octanol–water partition coefficient (Wildman–Crippen LogP) is 2.61. The average Bonchev–Trinajstić information content (AvgIpc) is 2.43. The van der Waals surface area contributed by atoms with Crippen LogP contribution in [0.1, 0.15) is 18.2 Å². The smallest absolute Gasteiger partial charge is 0.186 e. The van der Waals surface area contributed by atoms with Gasteiger partial charge in [-0.3, -0.25) is 4.79 Å². The fraction of sp³-hybridized carbons (Fsp3) is 0.250. The van der Waals surface area contributed by atoms with Gasteiger partial charge in [0.15, 0.2) is 5.43 Å². The van der Waals surface area contributed by atoms with Crippen LogP contribution in [-0.4, -0.2) is 11.2 Å². The van der Waals surface area contributed by atoms with Crippen LogP contribution in [0, 0.1) is 18.3 Å². The zero-order valence-electron chi connectivity index (χ0n) is 11.6. The van der Waals surface area contributed by atoms with Gasteiger partial charge in [0.1, 0.15) is 5.75 Å². The number of pyridine rings is 1. The summed E-state index contributed by atoms with van der Waals surface area (Å²) in [5.74, 6) is 0.754. The first-order valence-electron chi connectivity index (χ1n) is 6.48. The highest BCUT2D eigenvalue weighted by Gasteiger charge is 2.09. The van der Waals surface area contributed by atoms with E-state index in [1.807, 2.05) is 48.7 Å². The van der Waals surface area contributed by atoms with Crippen LogP contribution in [0.3, 0.4) is 0 Å². The van der Waals surface area contributed by atoms with Crippen LogP contribution in [0.4, 0.5) is 0 Å². The molecule has 2 rings (SSSR count). The molecule has 0 radical (unpaired) electrons. The fourth-order valence-corrected chi connectivity index (χ4v) is 2.08. The van der Waals surface area contributed by atoms with Crippen molar-refractivity contribution in [3.63, 3.8) is 0 Å². The first-order chi connectivity index (χ1) is 9.67. The number of benzene rings is 1. The van der Waals surface area contributed by atoms with Crippen LogP contribution in [-0.2, 0) is 6.42 Å². The Morgan fingerprint density at radius 2 is 2.10 bits per heavy atom. The van der Waals surface area contributed by atoms with Crippen molar-refractivity contribution in [3.05, 3.63) is 58.0 Å².